The van der Waals surface area contributed by atoms with Gasteiger partial charge in [-0.05, 0) is 29.8 Å². The predicted molar refractivity (Wildman–Crippen MR) is 105 cm³/mol. The normalized spacial score (nSPS) is 16.1. The first-order chi connectivity index (χ1) is 14.2. The number of pyridine rings is 1. The van der Waals surface area contributed by atoms with E-state index in [2.05, 4.69) is 25.4 Å². The number of morpholine rings is 1. The zero-order valence-corrected chi connectivity index (χ0v) is 15.9. The van der Waals surface area contributed by atoms with Gasteiger partial charge in [-0.15, -0.1) is 0 Å². The van der Waals surface area contributed by atoms with Gasteiger partial charge in [0.05, 0.1) is 25.1 Å². The van der Waals surface area contributed by atoms with Gasteiger partial charge in [-0.3, -0.25) is 15.0 Å². The van der Waals surface area contributed by atoms with E-state index in [0.29, 0.717) is 24.3 Å². The van der Waals surface area contributed by atoms with Crippen molar-refractivity contribution in [2.24, 2.45) is 0 Å². The number of benzene rings is 1. The third-order valence-electron chi connectivity index (χ3n) is 5.15. The van der Waals surface area contributed by atoms with Gasteiger partial charge >= 0.3 is 0 Å². The molecule has 4 rings (SSSR count). The summed E-state index contributed by atoms with van der Waals surface area (Å²) >= 11 is 0. The van der Waals surface area contributed by atoms with Crippen LogP contribution in [0.15, 0.2) is 48.9 Å². The summed E-state index contributed by atoms with van der Waals surface area (Å²) in [5, 5.41) is 10.3. The Balaban J connectivity index is 1.46. The van der Waals surface area contributed by atoms with Crippen molar-refractivity contribution < 1.29 is 13.5 Å². The zero-order chi connectivity index (χ0) is 20.1. The van der Waals surface area contributed by atoms with E-state index in [9.17, 15) is 8.78 Å². The highest BCUT2D eigenvalue weighted by molar-refractivity contribution is 5.63. The molecule has 0 amide bonds. The molecule has 0 spiro atoms. The van der Waals surface area contributed by atoms with Crippen molar-refractivity contribution in [2.75, 3.05) is 32.8 Å². The van der Waals surface area contributed by atoms with E-state index in [0.717, 1.165) is 37.9 Å². The highest BCUT2D eigenvalue weighted by Gasteiger charge is 2.22. The number of hydrogen-bond donors (Lipinski definition) is 2. The van der Waals surface area contributed by atoms with Crippen molar-refractivity contribution in [1.82, 2.24) is 25.4 Å². The lowest BCUT2D eigenvalue weighted by molar-refractivity contribution is 0.0161. The highest BCUT2D eigenvalue weighted by atomic mass is 19.1. The number of aromatic nitrogens is 3. The molecule has 1 aliphatic heterocycles. The van der Waals surface area contributed by atoms with Gasteiger partial charge in [-0.2, -0.15) is 5.10 Å². The smallest absolute Gasteiger partial charge is 0.135 e. The lowest BCUT2D eigenvalue weighted by Gasteiger charge is -2.35. The summed E-state index contributed by atoms with van der Waals surface area (Å²) in [4.78, 5) is 6.51. The van der Waals surface area contributed by atoms with Crippen molar-refractivity contribution in [2.45, 2.75) is 12.6 Å². The molecule has 3 aromatic rings. The number of ether oxygens (including phenoxy) is 1. The van der Waals surface area contributed by atoms with Crippen molar-refractivity contribution in [3.05, 3.63) is 71.7 Å². The maximum atomic E-state index is 14.2. The number of halogens is 2. The molecule has 1 unspecified atom stereocenters. The van der Waals surface area contributed by atoms with Crippen LogP contribution in [-0.4, -0.2) is 52.9 Å². The first-order valence-corrected chi connectivity index (χ1v) is 9.62. The van der Waals surface area contributed by atoms with E-state index in [1.807, 2.05) is 12.1 Å². The second-order valence-electron chi connectivity index (χ2n) is 6.97. The maximum absolute atomic E-state index is 14.2. The molecule has 3 heterocycles. The zero-order valence-electron chi connectivity index (χ0n) is 15.9. The summed E-state index contributed by atoms with van der Waals surface area (Å²) in [6.45, 7) is 4.39. The largest absolute Gasteiger partial charge is 0.379 e. The molecule has 1 aliphatic rings. The lowest BCUT2D eigenvalue weighted by Crippen LogP contribution is -2.42. The molecule has 1 saturated heterocycles. The van der Waals surface area contributed by atoms with Crippen LogP contribution >= 0.6 is 0 Å². The number of H-pyrrole nitrogens is 1. The molecule has 2 N–H and O–H groups in total. The Morgan fingerprint density at radius 3 is 2.69 bits per heavy atom. The molecule has 1 atom stereocenters. The van der Waals surface area contributed by atoms with Gasteiger partial charge in [-0.25, -0.2) is 8.78 Å². The Hall–Kier alpha value is -2.68. The van der Waals surface area contributed by atoms with Gasteiger partial charge in [-0.1, -0.05) is 0 Å². The van der Waals surface area contributed by atoms with Crippen LogP contribution < -0.4 is 5.32 Å². The summed E-state index contributed by atoms with van der Waals surface area (Å²) < 4.78 is 32.9. The molecule has 0 bridgehead atoms. The molecule has 6 nitrogen and oxygen atoms in total. The van der Waals surface area contributed by atoms with Crippen LogP contribution in [0, 0.1) is 11.6 Å². The number of nitrogens with one attached hydrogen (secondary N) is 2. The molecule has 29 heavy (non-hydrogen) atoms. The summed E-state index contributed by atoms with van der Waals surface area (Å²) in [6, 6.07) is 7.78. The van der Waals surface area contributed by atoms with Crippen LogP contribution in [0.5, 0.6) is 0 Å². The molecule has 0 saturated carbocycles. The molecule has 8 heteroatoms. The Morgan fingerprint density at radius 1 is 1.14 bits per heavy atom. The van der Waals surface area contributed by atoms with Crippen LogP contribution in [-0.2, 0) is 11.3 Å². The highest BCUT2D eigenvalue weighted by Crippen LogP contribution is 2.25. The Kier molecular flexibility index (Phi) is 6.24. The molecular formula is C21H23F2N5O. The molecule has 1 fully saturated rings. The average Bonchev–Trinajstić information content (AvgIpc) is 3.21. The van der Waals surface area contributed by atoms with Crippen LogP contribution in [0.2, 0.25) is 0 Å². The van der Waals surface area contributed by atoms with Crippen LogP contribution in [0.1, 0.15) is 17.2 Å². The fourth-order valence-corrected chi connectivity index (χ4v) is 3.65. The minimum atomic E-state index is -0.613. The standard InChI is InChI=1S/C21H23F2N5O/c22-17-1-2-18(19(23)11-17)21-16(13-26-27-21)12-25-14-20(15-3-5-24-6-4-15)28-7-9-29-10-8-28/h1-6,11,13,20,25H,7-10,12,14H2,(H,26,27). The predicted octanol–water partition coefficient (Wildman–Crippen LogP) is 2.91. The summed E-state index contributed by atoms with van der Waals surface area (Å²) in [6.07, 6.45) is 5.27. The molecule has 2 aromatic heterocycles. The molecule has 152 valence electrons. The van der Waals surface area contributed by atoms with Gasteiger partial charge in [0.25, 0.3) is 0 Å². The molecule has 0 radical (unpaired) electrons. The molecular weight excluding hydrogens is 376 g/mol. The van der Waals surface area contributed by atoms with Gasteiger partial charge in [0.1, 0.15) is 11.6 Å². The van der Waals surface area contributed by atoms with Gasteiger partial charge in [0.2, 0.25) is 0 Å². The van der Waals surface area contributed by atoms with E-state index in [1.54, 1.807) is 18.6 Å². The summed E-state index contributed by atoms with van der Waals surface area (Å²) in [7, 11) is 0. The second-order valence-corrected chi connectivity index (χ2v) is 6.97. The number of rotatable bonds is 7. The topological polar surface area (TPSA) is 66.1 Å². The molecule has 1 aromatic carbocycles. The van der Waals surface area contributed by atoms with E-state index in [-0.39, 0.29) is 6.04 Å². The summed E-state index contributed by atoms with van der Waals surface area (Å²) in [5.41, 5.74) is 2.87. The van der Waals surface area contributed by atoms with Gasteiger partial charge in [0, 0.05) is 61.8 Å². The summed E-state index contributed by atoms with van der Waals surface area (Å²) in [5.74, 6) is -1.21. The van der Waals surface area contributed by atoms with Crippen molar-refractivity contribution >= 4 is 0 Å². The van der Waals surface area contributed by atoms with Crippen LogP contribution in [0.3, 0.4) is 0 Å². The fourth-order valence-electron chi connectivity index (χ4n) is 3.65. The molecule has 0 aliphatic carbocycles. The van der Waals surface area contributed by atoms with E-state index in [4.69, 9.17) is 4.74 Å². The van der Waals surface area contributed by atoms with Gasteiger partial charge < -0.3 is 10.1 Å². The van der Waals surface area contributed by atoms with Crippen molar-refractivity contribution in [1.29, 1.82) is 0 Å². The maximum Gasteiger partial charge on any atom is 0.135 e. The fraction of sp³-hybridized carbons (Fsp3) is 0.333. The number of nitrogens with zero attached hydrogens (tertiary/aromatic N) is 3. The van der Waals surface area contributed by atoms with Crippen molar-refractivity contribution in [3.63, 3.8) is 0 Å². The number of aromatic amines is 1. The Morgan fingerprint density at radius 2 is 1.93 bits per heavy atom. The van der Waals surface area contributed by atoms with E-state index < -0.39 is 11.6 Å². The first kappa shape index (κ1) is 19.6. The third-order valence-corrected chi connectivity index (χ3v) is 5.15. The Labute approximate surface area is 167 Å². The van der Waals surface area contributed by atoms with E-state index in [1.165, 1.54) is 17.7 Å². The first-order valence-electron chi connectivity index (χ1n) is 9.62. The number of hydrogen-bond acceptors (Lipinski definition) is 5. The quantitative estimate of drug-likeness (QED) is 0.640. The average molecular weight is 399 g/mol. The van der Waals surface area contributed by atoms with Crippen LogP contribution in [0.25, 0.3) is 11.3 Å². The second kappa shape index (κ2) is 9.21. The third kappa shape index (κ3) is 4.67. The lowest BCUT2D eigenvalue weighted by atomic mass is 10.1. The monoisotopic (exact) mass is 399 g/mol. The minimum Gasteiger partial charge on any atom is -0.379 e. The van der Waals surface area contributed by atoms with Crippen LogP contribution in [0.4, 0.5) is 8.78 Å². The van der Waals surface area contributed by atoms with Crippen molar-refractivity contribution in [3.8, 4) is 11.3 Å². The minimum absolute atomic E-state index is 0.180. The SMILES string of the molecule is Fc1ccc(-c2[nH]ncc2CNCC(c2ccncc2)N2CCOCC2)c(F)c1. The Bertz CT molecular complexity index is 928. The van der Waals surface area contributed by atoms with Gasteiger partial charge in [0.15, 0.2) is 0 Å². The van der Waals surface area contributed by atoms with E-state index >= 15 is 0 Å².